The molecule has 39 heavy (non-hydrogen) atoms. The summed E-state index contributed by atoms with van der Waals surface area (Å²) in [5.74, 6) is -5.76. The lowest BCUT2D eigenvalue weighted by Crippen LogP contribution is -2.41. The number of aliphatic hydroxyl groups excluding tert-OH is 1. The number of aliphatic carboxylic acids is 1. The van der Waals surface area contributed by atoms with E-state index >= 15 is 0 Å². The minimum Gasteiger partial charge on any atom is -0.480 e. The number of carbonyl (C=O) groups is 1. The molecule has 6 N–H and O–H groups in total. The van der Waals surface area contributed by atoms with Gasteiger partial charge in [0.15, 0.2) is 0 Å². The van der Waals surface area contributed by atoms with E-state index in [4.69, 9.17) is 19.5 Å². The number of rotatable bonds is 12. The average Bonchev–Trinajstić information content (AvgIpc) is 3.14. The maximum atomic E-state index is 14.3. The summed E-state index contributed by atoms with van der Waals surface area (Å²) in [6, 6.07) is 8.46. The molecule has 1 saturated heterocycles. The van der Waals surface area contributed by atoms with Gasteiger partial charge in [-0.2, -0.15) is 14.9 Å². The first-order valence-corrected chi connectivity index (χ1v) is 13.7. The molecule has 2 aromatic rings. The van der Waals surface area contributed by atoms with Crippen molar-refractivity contribution in [3.8, 4) is 11.8 Å². The van der Waals surface area contributed by atoms with Gasteiger partial charge in [-0.1, -0.05) is 38.5 Å². The highest BCUT2D eigenvalue weighted by Crippen LogP contribution is 2.54. The van der Waals surface area contributed by atoms with Gasteiger partial charge in [-0.25, -0.2) is 9.36 Å². The molecule has 1 unspecified atom stereocenters. The van der Waals surface area contributed by atoms with Crippen molar-refractivity contribution >= 4 is 19.5 Å². The van der Waals surface area contributed by atoms with Crippen molar-refractivity contribution in [2.45, 2.75) is 51.2 Å². The Bertz CT molecular complexity index is 1300. The number of carboxylic acid groups (broad SMARTS) is 1. The molecule has 2 heterocycles. The number of nitrogens with two attached hydrogens (primary N) is 1. The smallest absolute Gasteiger partial charge is 0.462 e. The number of aromatic amines is 1. The van der Waals surface area contributed by atoms with Gasteiger partial charge in [-0.05, 0) is 25.0 Å². The molecule has 14 nitrogen and oxygen atoms in total. The summed E-state index contributed by atoms with van der Waals surface area (Å²) in [5, 5.41) is 41.5. The normalized spacial score (nSPS) is 25.9. The zero-order valence-electron chi connectivity index (χ0n) is 21.6. The highest BCUT2D eigenvalue weighted by Gasteiger charge is 2.57. The number of aliphatic hydroxyl groups is 2. The molecular formula is C24H32N5O9P. The Balaban J connectivity index is 1.96. The number of benzene rings is 1. The molecule has 1 fully saturated rings. The van der Waals surface area contributed by atoms with Gasteiger partial charge in [-0.15, -0.1) is 0 Å². The van der Waals surface area contributed by atoms with Crippen LogP contribution in [0.5, 0.6) is 5.75 Å². The van der Waals surface area contributed by atoms with E-state index in [0.717, 1.165) is 10.9 Å². The van der Waals surface area contributed by atoms with Crippen LogP contribution in [0.25, 0.3) is 0 Å². The standard InChI is InChI=1S/C24H32N5O9P/c1-4-14(2)12-29(15(3)22(31)32)39(35,38-16-8-6-5-7-9-16)36-13-19-20(30)17(10-25)24(34,37-19)18-11-27-23(33)28-21(18)26/h5-9,11,14-15,17,19-20,30,34H,4,12-13H2,1-3H3,(H,31,32)(H3,26,27,28,33)/t14?,15-,17-,19-,20+,24-,39-/m1/s1. The van der Waals surface area contributed by atoms with Gasteiger partial charge in [0, 0.05) is 12.7 Å². The Morgan fingerprint density at radius 2 is 2.05 bits per heavy atom. The third kappa shape index (κ3) is 6.47. The molecule has 1 aromatic heterocycles. The molecule has 0 saturated carbocycles. The van der Waals surface area contributed by atoms with Crippen LogP contribution in [-0.4, -0.2) is 67.3 Å². The highest BCUT2D eigenvalue weighted by molar-refractivity contribution is 7.51. The average molecular weight is 566 g/mol. The number of para-hydroxylation sites is 1. The second kappa shape index (κ2) is 12.3. The number of nitrogens with zero attached hydrogens (tertiary/aromatic N) is 3. The Morgan fingerprint density at radius 1 is 1.38 bits per heavy atom. The molecule has 0 aliphatic carbocycles. The van der Waals surface area contributed by atoms with E-state index in [1.54, 1.807) is 24.3 Å². The maximum Gasteiger partial charge on any atom is 0.462 e. The summed E-state index contributed by atoms with van der Waals surface area (Å²) >= 11 is 0. The number of H-pyrrole nitrogens is 1. The predicted octanol–water partition coefficient (Wildman–Crippen LogP) is 1.42. The Kier molecular flexibility index (Phi) is 9.50. The van der Waals surface area contributed by atoms with Gasteiger partial charge in [0.25, 0.3) is 0 Å². The van der Waals surface area contributed by atoms with Gasteiger partial charge in [0.2, 0.25) is 5.79 Å². The largest absolute Gasteiger partial charge is 0.480 e. The monoisotopic (exact) mass is 565 g/mol. The van der Waals surface area contributed by atoms with Gasteiger partial charge in [0.1, 0.15) is 35.7 Å². The van der Waals surface area contributed by atoms with E-state index in [-0.39, 0.29) is 23.8 Å². The predicted molar refractivity (Wildman–Crippen MR) is 137 cm³/mol. The van der Waals surface area contributed by atoms with E-state index in [9.17, 15) is 34.7 Å². The second-order valence-corrected chi connectivity index (χ2v) is 11.2. The minimum atomic E-state index is -4.45. The topological polar surface area (TPSA) is 221 Å². The maximum absolute atomic E-state index is 14.3. The zero-order valence-corrected chi connectivity index (χ0v) is 22.5. The van der Waals surface area contributed by atoms with Crippen LogP contribution in [0.4, 0.5) is 5.82 Å². The van der Waals surface area contributed by atoms with Gasteiger partial charge in [0.05, 0.1) is 18.2 Å². The van der Waals surface area contributed by atoms with Crippen LogP contribution in [0, 0.1) is 23.2 Å². The third-order valence-electron chi connectivity index (χ3n) is 6.52. The van der Waals surface area contributed by atoms with Crippen LogP contribution < -0.4 is 15.9 Å². The quantitative estimate of drug-likeness (QED) is 0.230. The molecule has 3 rings (SSSR count). The Labute approximate surface area is 224 Å². The molecular weight excluding hydrogens is 533 g/mol. The van der Waals surface area contributed by atoms with Gasteiger partial charge < -0.3 is 35.3 Å². The number of carboxylic acids is 1. The molecule has 1 aliphatic rings. The summed E-state index contributed by atoms with van der Waals surface area (Å²) in [4.78, 5) is 29.1. The number of hydrogen-bond donors (Lipinski definition) is 5. The van der Waals surface area contributed by atoms with Crippen molar-refractivity contribution in [1.29, 1.82) is 5.26 Å². The highest BCUT2D eigenvalue weighted by atomic mass is 31.2. The Hall–Kier alpha value is -3.31. The fourth-order valence-electron chi connectivity index (χ4n) is 4.03. The number of nitrogen functional groups attached to an aromatic ring is 1. The SMILES string of the molecule is CCC(C)CN([C@H](C)C(=O)O)[P@@](=O)(OC[C@H]1O[C@@](O)(c2c[nH]c(=O)nc2N)[C@H](C#N)[C@@H]1O)Oc1ccccc1. The van der Waals surface area contributed by atoms with Crippen molar-refractivity contribution < 1.29 is 38.5 Å². The summed E-state index contributed by atoms with van der Waals surface area (Å²) < 4.78 is 32.5. The zero-order chi connectivity index (χ0) is 29.0. The molecule has 0 radical (unpaired) electrons. The lowest BCUT2D eigenvalue weighted by molar-refractivity contribution is -0.216. The molecule has 212 valence electrons. The number of anilines is 1. The number of nitriles is 1. The van der Waals surface area contributed by atoms with Crippen molar-refractivity contribution in [3.05, 3.63) is 52.6 Å². The van der Waals surface area contributed by atoms with Crippen molar-refractivity contribution in [3.63, 3.8) is 0 Å². The van der Waals surface area contributed by atoms with Crippen molar-refractivity contribution in [2.24, 2.45) is 11.8 Å². The van der Waals surface area contributed by atoms with E-state index in [0.29, 0.717) is 6.42 Å². The number of hydrogen-bond acceptors (Lipinski definition) is 11. The van der Waals surface area contributed by atoms with E-state index in [1.165, 1.54) is 19.1 Å². The van der Waals surface area contributed by atoms with Crippen LogP contribution in [-0.2, 0) is 24.4 Å². The summed E-state index contributed by atoms with van der Waals surface area (Å²) in [6.45, 7) is 4.43. The van der Waals surface area contributed by atoms with Crippen LogP contribution in [0.15, 0.2) is 41.3 Å². The molecule has 1 aliphatic heterocycles. The van der Waals surface area contributed by atoms with Crippen molar-refractivity contribution in [2.75, 3.05) is 18.9 Å². The van der Waals surface area contributed by atoms with Crippen LogP contribution in [0.2, 0.25) is 0 Å². The van der Waals surface area contributed by atoms with Crippen LogP contribution in [0.3, 0.4) is 0 Å². The molecule has 0 amide bonds. The minimum absolute atomic E-state index is 0.0342. The van der Waals surface area contributed by atoms with Gasteiger partial charge >= 0.3 is 19.4 Å². The number of aromatic nitrogens is 2. The van der Waals surface area contributed by atoms with Crippen LogP contribution in [0.1, 0.15) is 32.8 Å². The first-order valence-electron chi connectivity index (χ1n) is 12.2. The van der Waals surface area contributed by atoms with E-state index in [1.807, 2.05) is 13.8 Å². The lowest BCUT2D eigenvalue weighted by Gasteiger charge is -2.34. The summed E-state index contributed by atoms with van der Waals surface area (Å²) in [5.41, 5.74) is 4.69. The summed E-state index contributed by atoms with van der Waals surface area (Å²) in [7, 11) is -4.45. The molecule has 0 bridgehead atoms. The van der Waals surface area contributed by atoms with Gasteiger partial charge in [-0.3, -0.25) is 9.32 Å². The van der Waals surface area contributed by atoms with E-state index in [2.05, 4.69) is 9.97 Å². The first-order chi connectivity index (χ1) is 18.4. The lowest BCUT2D eigenvalue weighted by atomic mass is 9.90. The third-order valence-corrected chi connectivity index (χ3v) is 8.57. The van der Waals surface area contributed by atoms with E-state index < -0.39 is 61.8 Å². The Morgan fingerprint density at radius 3 is 2.62 bits per heavy atom. The number of nitrogens with one attached hydrogen (secondary N) is 1. The molecule has 1 aromatic carbocycles. The number of ether oxygens (including phenoxy) is 1. The first kappa shape index (κ1) is 30.2. The molecule has 7 atom stereocenters. The van der Waals surface area contributed by atoms with Crippen molar-refractivity contribution in [1.82, 2.24) is 14.6 Å². The fraction of sp³-hybridized carbons (Fsp3) is 0.500. The molecule has 0 spiro atoms. The summed E-state index contributed by atoms with van der Waals surface area (Å²) in [6.07, 6.45) is -1.46. The molecule has 15 heteroatoms. The second-order valence-electron chi connectivity index (χ2n) is 9.27. The fourth-order valence-corrected chi connectivity index (χ4v) is 6.06. The van der Waals surface area contributed by atoms with Crippen LogP contribution >= 0.6 is 7.75 Å².